The molecule has 0 spiro atoms. The van der Waals surface area contributed by atoms with Crippen molar-refractivity contribution in [1.29, 1.82) is 0 Å². The van der Waals surface area contributed by atoms with E-state index in [9.17, 15) is 4.79 Å². The molecule has 5 rings (SSSR count). The molecule has 2 unspecified atom stereocenters. The van der Waals surface area contributed by atoms with Gasteiger partial charge in [-0.3, -0.25) is 4.79 Å². The molecule has 1 aliphatic heterocycles. The number of amides is 1. The summed E-state index contributed by atoms with van der Waals surface area (Å²) >= 11 is 0. The number of nitrogens with one attached hydrogen (secondary N) is 2. The Hall–Kier alpha value is -4.06. The lowest BCUT2D eigenvalue weighted by molar-refractivity contribution is 0.0935. The number of anilines is 1. The van der Waals surface area contributed by atoms with Crippen LogP contribution in [0.4, 0.5) is 5.82 Å². The van der Waals surface area contributed by atoms with Crippen molar-refractivity contribution in [2.75, 3.05) is 19.0 Å². The smallest absolute Gasteiger partial charge is 0.251 e. The number of ether oxygens (including phenoxy) is 1. The molecule has 33 heavy (non-hydrogen) atoms. The van der Waals surface area contributed by atoms with Crippen LogP contribution >= 0.6 is 0 Å². The average molecular weight is 439 g/mol. The van der Waals surface area contributed by atoms with Crippen LogP contribution in [-0.2, 0) is 0 Å². The molecular formula is C27H26N4O2. The zero-order valence-electron chi connectivity index (χ0n) is 18.7. The molecule has 166 valence electrons. The van der Waals surface area contributed by atoms with Crippen molar-refractivity contribution in [2.45, 2.75) is 18.9 Å². The van der Waals surface area contributed by atoms with E-state index in [4.69, 9.17) is 9.84 Å². The number of carbonyl (C=O) groups is 1. The molecule has 0 radical (unpaired) electrons. The van der Waals surface area contributed by atoms with Gasteiger partial charge in [-0.05, 0) is 48.9 Å². The molecule has 6 heteroatoms. The molecule has 1 amide bonds. The van der Waals surface area contributed by atoms with E-state index in [1.165, 1.54) is 0 Å². The quantitative estimate of drug-likeness (QED) is 0.480. The third-order valence-electron chi connectivity index (χ3n) is 6.14. The third-order valence-corrected chi connectivity index (χ3v) is 6.14. The maximum Gasteiger partial charge on any atom is 0.251 e. The van der Waals surface area contributed by atoms with E-state index < -0.39 is 0 Å². The first-order chi connectivity index (χ1) is 16.2. The first-order valence-electron chi connectivity index (χ1n) is 11.0. The molecule has 1 aromatic heterocycles. The monoisotopic (exact) mass is 438 g/mol. The van der Waals surface area contributed by atoms with Crippen molar-refractivity contribution in [1.82, 2.24) is 15.1 Å². The predicted molar refractivity (Wildman–Crippen MR) is 129 cm³/mol. The Morgan fingerprint density at radius 1 is 1.00 bits per heavy atom. The topological polar surface area (TPSA) is 68.2 Å². The molecule has 2 heterocycles. The van der Waals surface area contributed by atoms with Gasteiger partial charge in [0.2, 0.25) is 0 Å². The highest BCUT2D eigenvalue weighted by Crippen LogP contribution is 2.40. The summed E-state index contributed by atoms with van der Waals surface area (Å²) in [4.78, 5) is 13.0. The normalized spacial score (nSPS) is 17.0. The van der Waals surface area contributed by atoms with Crippen LogP contribution in [-0.4, -0.2) is 35.4 Å². The minimum absolute atomic E-state index is 0.0581. The Balaban J connectivity index is 1.57. The number of hydrogen-bond acceptors (Lipinski definition) is 4. The first kappa shape index (κ1) is 20.8. The standard InChI is InChI=1S/C27H26N4O2/c1-18-24-25(19-13-15-22(33-2)16-14-19)23(29-27(32)20-9-5-3-6-10-20)17-28-26(24)31(30-18)21-11-7-4-8-12-21/h3-16,23,25,28H,17H2,1-2H3,(H,29,32). The number of para-hydroxylation sites is 1. The van der Waals surface area contributed by atoms with Gasteiger partial charge in [-0.15, -0.1) is 0 Å². The van der Waals surface area contributed by atoms with Crippen LogP contribution in [0.5, 0.6) is 5.75 Å². The van der Waals surface area contributed by atoms with Crippen LogP contribution in [0.2, 0.25) is 0 Å². The van der Waals surface area contributed by atoms with Crippen molar-refractivity contribution in [3.05, 3.63) is 107 Å². The summed E-state index contributed by atoms with van der Waals surface area (Å²) in [7, 11) is 1.66. The average Bonchev–Trinajstić information content (AvgIpc) is 3.21. The highest BCUT2D eigenvalue weighted by Gasteiger charge is 2.36. The van der Waals surface area contributed by atoms with Crippen molar-refractivity contribution < 1.29 is 9.53 Å². The van der Waals surface area contributed by atoms with Crippen LogP contribution in [0.15, 0.2) is 84.9 Å². The van der Waals surface area contributed by atoms with Crippen LogP contribution < -0.4 is 15.4 Å². The fraction of sp³-hybridized carbons (Fsp3) is 0.185. The van der Waals surface area contributed by atoms with E-state index in [1.54, 1.807) is 7.11 Å². The number of rotatable bonds is 5. The number of aryl methyl sites for hydroxylation is 1. The van der Waals surface area contributed by atoms with E-state index >= 15 is 0 Å². The number of nitrogens with zero attached hydrogens (tertiary/aromatic N) is 2. The van der Waals surface area contributed by atoms with E-state index in [0.717, 1.165) is 34.1 Å². The number of fused-ring (bicyclic) bond motifs is 1. The van der Waals surface area contributed by atoms with Crippen molar-refractivity contribution in [3.8, 4) is 11.4 Å². The maximum atomic E-state index is 13.0. The zero-order valence-corrected chi connectivity index (χ0v) is 18.7. The molecule has 0 bridgehead atoms. The second-order valence-electron chi connectivity index (χ2n) is 8.17. The SMILES string of the molecule is COc1ccc(C2c3c(C)nn(-c4ccccc4)c3NCC2NC(=O)c2ccccc2)cc1. The fourth-order valence-corrected chi connectivity index (χ4v) is 4.55. The third kappa shape index (κ3) is 3.96. The molecule has 2 N–H and O–H groups in total. The molecular weight excluding hydrogens is 412 g/mol. The molecule has 1 aliphatic rings. The van der Waals surface area contributed by atoms with Crippen LogP contribution in [0.25, 0.3) is 5.69 Å². The summed E-state index contributed by atoms with van der Waals surface area (Å²) in [5, 5.41) is 11.7. The summed E-state index contributed by atoms with van der Waals surface area (Å²) in [6.07, 6.45) is 0. The largest absolute Gasteiger partial charge is 0.497 e. The van der Waals surface area contributed by atoms with Crippen molar-refractivity contribution in [2.24, 2.45) is 0 Å². The summed E-state index contributed by atoms with van der Waals surface area (Å²) in [5.74, 6) is 1.62. The second kappa shape index (κ2) is 8.82. The Kier molecular flexibility index (Phi) is 5.57. The highest BCUT2D eigenvalue weighted by molar-refractivity contribution is 5.94. The lowest BCUT2D eigenvalue weighted by Crippen LogP contribution is -2.47. The zero-order chi connectivity index (χ0) is 22.8. The Bertz CT molecular complexity index is 1250. The minimum atomic E-state index is -0.147. The maximum absolute atomic E-state index is 13.0. The van der Waals surface area contributed by atoms with Gasteiger partial charge in [-0.2, -0.15) is 5.10 Å². The highest BCUT2D eigenvalue weighted by atomic mass is 16.5. The minimum Gasteiger partial charge on any atom is -0.497 e. The summed E-state index contributed by atoms with van der Waals surface area (Å²) in [6.45, 7) is 2.61. The second-order valence-corrected chi connectivity index (χ2v) is 8.17. The van der Waals surface area contributed by atoms with E-state index in [1.807, 2.05) is 84.4 Å². The van der Waals surface area contributed by atoms with E-state index in [-0.39, 0.29) is 17.9 Å². The molecule has 2 atom stereocenters. The van der Waals surface area contributed by atoms with Gasteiger partial charge in [0.25, 0.3) is 5.91 Å². The molecule has 0 fully saturated rings. The Labute approximate surface area is 193 Å². The number of aromatic nitrogens is 2. The Morgan fingerprint density at radius 3 is 2.33 bits per heavy atom. The van der Waals surface area contributed by atoms with E-state index in [0.29, 0.717) is 12.1 Å². The van der Waals surface area contributed by atoms with Gasteiger partial charge in [-0.1, -0.05) is 48.5 Å². The predicted octanol–water partition coefficient (Wildman–Crippen LogP) is 4.55. The molecule has 4 aromatic rings. The summed E-state index contributed by atoms with van der Waals surface area (Å²) < 4.78 is 7.32. The first-order valence-corrected chi connectivity index (χ1v) is 11.0. The van der Waals surface area contributed by atoms with Gasteiger partial charge in [-0.25, -0.2) is 4.68 Å². The number of hydrogen-bond donors (Lipinski definition) is 2. The van der Waals surface area contributed by atoms with Crippen LogP contribution in [0.3, 0.4) is 0 Å². The molecule has 0 saturated heterocycles. The van der Waals surface area contributed by atoms with Gasteiger partial charge in [0.15, 0.2) is 0 Å². The van der Waals surface area contributed by atoms with Gasteiger partial charge in [0, 0.05) is 23.6 Å². The molecule has 3 aromatic carbocycles. The summed E-state index contributed by atoms with van der Waals surface area (Å²) in [5.41, 5.74) is 4.77. The van der Waals surface area contributed by atoms with Gasteiger partial charge >= 0.3 is 0 Å². The Morgan fingerprint density at radius 2 is 1.67 bits per heavy atom. The number of methoxy groups -OCH3 is 1. The van der Waals surface area contributed by atoms with Crippen LogP contribution in [0.1, 0.15) is 33.1 Å². The van der Waals surface area contributed by atoms with Crippen LogP contribution in [0, 0.1) is 6.92 Å². The van der Waals surface area contributed by atoms with Gasteiger partial charge < -0.3 is 15.4 Å². The number of carbonyl (C=O) groups excluding carboxylic acids is 1. The fourth-order valence-electron chi connectivity index (χ4n) is 4.55. The number of benzene rings is 3. The van der Waals surface area contributed by atoms with Crippen molar-refractivity contribution in [3.63, 3.8) is 0 Å². The molecule has 0 aliphatic carbocycles. The lowest BCUT2D eigenvalue weighted by atomic mass is 9.82. The molecule has 6 nitrogen and oxygen atoms in total. The van der Waals surface area contributed by atoms with Gasteiger partial charge in [0.05, 0.1) is 24.5 Å². The lowest BCUT2D eigenvalue weighted by Gasteiger charge is -2.34. The van der Waals surface area contributed by atoms with E-state index in [2.05, 4.69) is 22.8 Å². The molecule has 0 saturated carbocycles. The summed E-state index contributed by atoms with van der Waals surface area (Å²) in [6, 6.07) is 27.3. The van der Waals surface area contributed by atoms with Gasteiger partial charge in [0.1, 0.15) is 11.6 Å². The van der Waals surface area contributed by atoms with Crippen molar-refractivity contribution >= 4 is 11.7 Å².